The molecular formula is C12H15IS. The Kier molecular flexibility index (Phi) is 4.51. The van der Waals surface area contributed by atoms with E-state index in [0.29, 0.717) is 0 Å². The number of aryl methyl sites for hydroxylation is 1. The molecule has 0 unspecified atom stereocenters. The molecule has 1 aromatic rings. The molecule has 0 aliphatic heterocycles. The zero-order valence-corrected chi connectivity index (χ0v) is 11.8. The average molecular weight is 318 g/mol. The Labute approximate surface area is 105 Å². The van der Waals surface area contributed by atoms with Gasteiger partial charge in [-0.2, -0.15) is 12.6 Å². The first-order chi connectivity index (χ1) is 6.57. The molecule has 0 bridgehead atoms. The highest BCUT2D eigenvalue weighted by Gasteiger charge is 2.05. The average Bonchev–Trinajstić information content (AvgIpc) is 2.15. The SMILES string of the molecule is Cc1ccc(/C(I)=C/CS)c(C)c1C. The second-order valence-corrected chi connectivity index (χ2v) is 4.94. The molecule has 0 saturated heterocycles. The van der Waals surface area contributed by atoms with E-state index < -0.39 is 0 Å². The van der Waals surface area contributed by atoms with Crippen LogP contribution in [0.2, 0.25) is 0 Å². The van der Waals surface area contributed by atoms with Crippen molar-refractivity contribution in [3.05, 3.63) is 40.5 Å². The van der Waals surface area contributed by atoms with Gasteiger partial charge in [-0.25, -0.2) is 0 Å². The van der Waals surface area contributed by atoms with Crippen molar-refractivity contribution in [3.63, 3.8) is 0 Å². The van der Waals surface area contributed by atoms with Crippen molar-refractivity contribution in [1.29, 1.82) is 0 Å². The lowest BCUT2D eigenvalue weighted by Crippen LogP contribution is -1.91. The second kappa shape index (κ2) is 5.21. The number of benzene rings is 1. The van der Waals surface area contributed by atoms with E-state index in [1.165, 1.54) is 25.8 Å². The van der Waals surface area contributed by atoms with Gasteiger partial charge in [0.1, 0.15) is 0 Å². The number of rotatable bonds is 2. The van der Waals surface area contributed by atoms with Crippen molar-refractivity contribution < 1.29 is 0 Å². The third-order valence-corrected chi connectivity index (χ3v) is 3.79. The quantitative estimate of drug-likeness (QED) is 0.609. The summed E-state index contributed by atoms with van der Waals surface area (Å²) in [7, 11) is 0. The van der Waals surface area contributed by atoms with Crippen LogP contribution < -0.4 is 0 Å². The molecule has 0 heterocycles. The monoisotopic (exact) mass is 318 g/mol. The molecule has 76 valence electrons. The first-order valence-electron chi connectivity index (χ1n) is 4.61. The van der Waals surface area contributed by atoms with Crippen LogP contribution in [0.4, 0.5) is 0 Å². The normalized spacial score (nSPS) is 11.9. The van der Waals surface area contributed by atoms with Crippen molar-refractivity contribution in [2.24, 2.45) is 0 Å². The Bertz CT molecular complexity index is 367. The van der Waals surface area contributed by atoms with Crippen LogP contribution in [0.15, 0.2) is 18.2 Å². The van der Waals surface area contributed by atoms with E-state index in [1.807, 2.05) is 0 Å². The Morgan fingerprint density at radius 1 is 1.29 bits per heavy atom. The maximum absolute atomic E-state index is 4.21. The van der Waals surface area contributed by atoms with Gasteiger partial charge in [0.25, 0.3) is 0 Å². The lowest BCUT2D eigenvalue weighted by atomic mass is 9.99. The molecule has 0 amide bonds. The molecule has 14 heavy (non-hydrogen) atoms. The number of halogens is 1. The van der Waals surface area contributed by atoms with Crippen molar-refractivity contribution >= 4 is 38.8 Å². The molecular weight excluding hydrogens is 303 g/mol. The summed E-state index contributed by atoms with van der Waals surface area (Å²) in [6, 6.07) is 4.38. The molecule has 0 aliphatic carbocycles. The predicted molar refractivity (Wildman–Crippen MR) is 76.5 cm³/mol. The van der Waals surface area contributed by atoms with Gasteiger partial charge in [-0.1, -0.05) is 18.2 Å². The highest BCUT2D eigenvalue weighted by molar-refractivity contribution is 14.1. The van der Waals surface area contributed by atoms with E-state index in [0.717, 1.165) is 5.75 Å². The predicted octanol–water partition coefficient (Wildman–Crippen LogP) is 4.32. The van der Waals surface area contributed by atoms with Gasteiger partial charge in [0.15, 0.2) is 0 Å². The Balaban J connectivity index is 3.24. The Morgan fingerprint density at radius 3 is 2.50 bits per heavy atom. The fourth-order valence-corrected chi connectivity index (χ4v) is 2.74. The summed E-state index contributed by atoms with van der Waals surface area (Å²) < 4.78 is 1.29. The molecule has 0 nitrogen and oxygen atoms in total. The molecule has 0 radical (unpaired) electrons. The minimum absolute atomic E-state index is 0.796. The zero-order chi connectivity index (χ0) is 10.7. The highest BCUT2D eigenvalue weighted by Crippen LogP contribution is 2.28. The Morgan fingerprint density at radius 2 is 1.93 bits per heavy atom. The summed E-state index contributed by atoms with van der Waals surface area (Å²) in [5.41, 5.74) is 5.47. The molecule has 0 fully saturated rings. The molecule has 1 rings (SSSR count). The van der Waals surface area contributed by atoms with E-state index in [9.17, 15) is 0 Å². The van der Waals surface area contributed by atoms with E-state index >= 15 is 0 Å². The fraction of sp³-hybridized carbons (Fsp3) is 0.333. The van der Waals surface area contributed by atoms with Crippen LogP contribution in [0.5, 0.6) is 0 Å². The molecule has 0 aromatic heterocycles. The van der Waals surface area contributed by atoms with Gasteiger partial charge in [-0.15, -0.1) is 0 Å². The first kappa shape index (κ1) is 12.1. The number of hydrogen-bond acceptors (Lipinski definition) is 1. The first-order valence-corrected chi connectivity index (χ1v) is 6.32. The number of thiol groups is 1. The van der Waals surface area contributed by atoms with Gasteiger partial charge < -0.3 is 0 Å². The van der Waals surface area contributed by atoms with Crippen LogP contribution in [-0.4, -0.2) is 5.75 Å². The van der Waals surface area contributed by atoms with Gasteiger partial charge in [0, 0.05) is 9.33 Å². The maximum atomic E-state index is 4.21. The summed E-state index contributed by atoms with van der Waals surface area (Å²) in [6.45, 7) is 6.52. The zero-order valence-electron chi connectivity index (χ0n) is 8.76. The minimum Gasteiger partial charge on any atom is -0.175 e. The fourth-order valence-electron chi connectivity index (χ4n) is 1.40. The van der Waals surface area contributed by atoms with Crippen molar-refractivity contribution in [2.75, 3.05) is 5.75 Å². The summed E-state index contributed by atoms with van der Waals surface area (Å²) in [5, 5.41) is 0. The molecule has 0 spiro atoms. The van der Waals surface area contributed by atoms with Gasteiger partial charge in [0.05, 0.1) is 0 Å². The van der Waals surface area contributed by atoms with E-state index in [2.05, 4.69) is 74.2 Å². The largest absolute Gasteiger partial charge is 0.175 e. The van der Waals surface area contributed by atoms with Crippen LogP contribution in [0, 0.1) is 20.8 Å². The van der Waals surface area contributed by atoms with Crippen LogP contribution in [-0.2, 0) is 0 Å². The molecule has 0 atom stereocenters. The molecule has 0 aliphatic rings. The molecule has 0 N–H and O–H groups in total. The summed E-state index contributed by atoms with van der Waals surface area (Å²) in [6.07, 6.45) is 2.14. The van der Waals surface area contributed by atoms with Gasteiger partial charge in [-0.05, 0) is 65.6 Å². The Hall–Kier alpha value is 0.0400. The standard InChI is InChI=1S/C12H15IS/c1-8-4-5-11(10(3)9(8)2)12(13)6-7-14/h4-6,14H,7H2,1-3H3/b12-6-. The lowest BCUT2D eigenvalue weighted by Gasteiger charge is -2.10. The van der Waals surface area contributed by atoms with E-state index in [4.69, 9.17) is 0 Å². The third kappa shape index (κ3) is 2.54. The van der Waals surface area contributed by atoms with E-state index in [1.54, 1.807) is 0 Å². The van der Waals surface area contributed by atoms with Crippen LogP contribution in [0.25, 0.3) is 3.58 Å². The van der Waals surface area contributed by atoms with Crippen molar-refractivity contribution in [2.45, 2.75) is 20.8 Å². The maximum Gasteiger partial charge on any atom is 0.0173 e. The third-order valence-electron chi connectivity index (χ3n) is 2.59. The van der Waals surface area contributed by atoms with Crippen molar-refractivity contribution in [3.8, 4) is 0 Å². The van der Waals surface area contributed by atoms with Gasteiger partial charge in [-0.3, -0.25) is 0 Å². The van der Waals surface area contributed by atoms with Crippen molar-refractivity contribution in [1.82, 2.24) is 0 Å². The summed E-state index contributed by atoms with van der Waals surface area (Å²) in [5.74, 6) is 0.796. The second-order valence-electron chi connectivity index (χ2n) is 3.41. The van der Waals surface area contributed by atoms with Gasteiger partial charge in [0.2, 0.25) is 0 Å². The molecule has 0 saturated carbocycles. The lowest BCUT2D eigenvalue weighted by molar-refractivity contribution is 1.25. The molecule has 2 heteroatoms. The van der Waals surface area contributed by atoms with Crippen LogP contribution in [0.3, 0.4) is 0 Å². The smallest absolute Gasteiger partial charge is 0.0173 e. The summed E-state index contributed by atoms with van der Waals surface area (Å²) in [4.78, 5) is 0. The number of hydrogen-bond donors (Lipinski definition) is 1. The van der Waals surface area contributed by atoms with Crippen LogP contribution >= 0.6 is 35.2 Å². The van der Waals surface area contributed by atoms with E-state index in [-0.39, 0.29) is 0 Å². The highest BCUT2D eigenvalue weighted by atomic mass is 127. The van der Waals surface area contributed by atoms with Crippen LogP contribution in [0.1, 0.15) is 22.3 Å². The topological polar surface area (TPSA) is 0 Å². The van der Waals surface area contributed by atoms with Gasteiger partial charge >= 0.3 is 0 Å². The summed E-state index contributed by atoms with van der Waals surface area (Å²) >= 11 is 6.58. The molecule has 1 aromatic carbocycles. The minimum atomic E-state index is 0.796.